The SMILES string of the molecule is COC(=O)C[C@@H](N=C=O)c1ccccc1. The van der Waals surface area contributed by atoms with E-state index < -0.39 is 12.0 Å². The molecule has 0 N–H and O–H groups in total. The Bertz CT molecular complexity index is 369. The second-order valence-electron chi connectivity index (χ2n) is 2.93. The predicted octanol–water partition coefficient (Wildman–Crippen LogP) is 1.63. The summed E-state index contributed by atoms with van der Waals surface area (Å²) in [6.45, 7) is 0. The van der Waals surface area contributed by atoms with E-state index >= 15 is 0 Å². The van der Waals surface area contributed by atoms with Crippen LogP contribution in [-0.2, 0) is 14.3 Å². The summed E-state index contributed by atoms with van der Waals surface area (Å²) in [6, 6.07) is 8.59. The molecule has 0 aliphatic heterocycles. The third-order valence-corrected chi connectivity index (χ3v) is 1.98. The van der Waals surface area contributed by atoms with Crippen LogP contribution in [0.1, 0.15) is 18.0 Å². The minimum atomic E-state index is -0.504. The normalized spacial score (nSPS) is 11.3. The van der Waals surface area contributed by atoms with Gasteiger partial charge in [0.1, 0.15) is 0 Å². The number of esters is 1. The summed E-state index contributed by atoms with van der Waals surface area (Å²) in [5.41, 5.74) is 0.797. The Hall–Kier alpha value is -1.93. The number of hydrogen-bond acceptors (Lipinski definition) is 4. The molecule has 78 valence electrons. The van der Waals surface area contributed by atoms with E-state index in [4.69, 9.17) is 0 Å². The van der Waals surface area contributed by atoms with Gasteiger partial charge in [-0.3, -0.25) is 4.79 Å². The largest absolute Gasteiger partial charge is 0.469 e. The number of isocyanates is 1. The van der Waals surface area contributed by atoms with Crippen LogP contribution in [0.2, 0.25) is 0 Å². The first kappa shape index (κ1) is 11.1. The lowest BCUT2D eigenvalue weighted by atomic mass is 10.0. The van der Waals surface area contributed by atoms with Crippen molar-refractivity contribution in [3.05, 3.63) is 35.9 Å². The van der Waals surface area contributed by atoms with Gasteiger partial charge in [0.25, 0.3) is 0 Å². The lowest BCUT2D eigenvalue weighted by molar-refractivity contribution is -0.141. The second-order valence-corrected chi connectivity index (χ2v) is 2.93. The zero-order valence-corrected chi connectivity index (χ0v) is 8.34. The van der Waals surface area contributed by atoms with E-state index in [1.54, 1.807) is 12.1 Å². The number of carbonyl (C=O) groups excluding carboxylic acids is 2. The second kappa shape index (κ2) is 5.73. The van der Waals surface area contributed by atoms with Gasteiger partial charge in [0.05, 0.1) is 19.6 Å². The zero-order chi connectivity index (χ0) is 11.1. The molecule has 4 nitrogen and oxygen atoms in total. The van der Waals surface area contributed by atoms with Crippen molar-refractivity contribution in [2.45, 2.75) is 12.5 Å². The van der Waals surface area contributed by atoms with Crippen molar-refractivity contribution in [1.29, 1.82) is 0 Å². The molecular weight excluding hydrogens is 194 g/mol. The quantitative estimate of drug-likeness (QED) is 0.426. The van der Waals surface area contributed by atoms with Crippen LogP contribution >= 0.6 is 0 Å². The van der Waals surface area contributed by atoms with Gasteiger partial charge in [-0.1, -0.05) is 30.3 Å². The van der Waals surface area contributed by atoms with Crippen molar-refractivity contribution < 1.29 is 14.3 Å². The average Bonchev–Trinajstić information content (AvgIpc) is 2.29. The van der Waals surface area contributed by atoms with Crippen LogP contribution < -0.4 is 0 Å². The van der Waals surface area contributed by atoms with E-state index in [0.717, 1.165) is 5.56 Å². The number of rotatable bonds is 4. The van der Waals surface area contributed by atoms with E-state index in [-0.39, 0.29) is 6.42 Å². The Kier molecular flexibility index (Phi) is 4.26. The fraction of sp³-hybridized carbons (Fsp3) is 0.273. The highest BCUT2D eigenvalue weighted by molar-refractivity contribution is 5.70. The van der Waals surface area contributed by atoms with Gasteiger partial charge in [0.15, 0.2) is 0 Å². The Labute approximate surface area is 87.6 Å². The van der Waals surface area contributed by atoms with Crippen molar-refractivity contribution in [2.75, 3.05) is 7.11 Å². The third-order valence-electron chi connectivity index (χ3n) is 1.98. The van der Waals surface area contributed by atoms with E-state index in [0.29, 0.717) is 0 Å². The van der Waals surface area contributed by atoms with Crippen molar-refractivity contribution in [1.82, 2.24) is 0 Å². The molecule has 0 unspecified atom stereocenters. The van der Waals surface area contributed by atoms with Gasteiger partial charge in [-0.2, -0.15) is 4.99 Å². The van der Waals surface area contributed by atoms with Crippen LogP contribution in [0, 0.1) is 0 Å². The standard InChI is InChI=1S/C11H11NO3/c1-15-11(14)7-10(12-8-13)9-5-3-2-4-6-9/h2-6,10H,7H2,1H3/t10-/m1/s1. The molecule has 0 amide bonds. The minimum Gasteiger partial charge on any atom is -0.469 e. The van der Waals surface area contributed by atoms with Crippen LogP contribution in [0.3, 0.4) is 0 Å². The smallest absolute Gasteiger partial charge is 0.308 e. The molecule has 1 atom stereocenters. The maximum atomic E-state index is 11.1. The van der Waals surface area contributed by atoms with E-state index in [1.807, 2.05) is 18.2 Å². The van der Waals surface area contributed by atoms with Crippen LogP contribution in [0.25, 0.3) is 0 Å². The summed E-state index contributed by atoms with van der Waals surface area (Å²) in [5, 5.41) is 0. The Morgan fingerprint density at radius 2 is 2.13 bits per heavy atom. The molecule has 0 saturated heterocycles. The number of benzene rings is 1. The molecular formula is C11H11NO3. The molecule has 1 aromatic rings. The maximum Gasteiger partial charge on any atom is 0.308 e. The first-order chi connectivity index (χ1) is 7.27. The highest BCUT2D eigenvalue weighted by Gasteiger charge is 2.14. The highest BCUT2D eigenvalue weighted by Crippen LogP contribution is 2.20. The van der Waals surface area contributed by atoms with Gasteiger partial charge in [0.2, 0.25) is 6.08 Å². The number of ether oxygens (including phenoxy) is 1. The molecule has 0 spiro atoms. The van der Waals surface area contributed by atoms with Crippen molar-refractivity contribution >= 4 is 12.0 Å². The van der Waals surface area contributed by atoms with Crippen LogP contribution in [0.15, 0.2) is 35.3 Å². The molecule has 0 heterocycles. The molecule has 0 radical (unpaired) electrons. The molecule has 0 aromatic heterocycles. The van der Waals surface area contributed by atoms with Crippen molar-refractivity contribution in [2.24, 2.45) is 4.99 Å². The molecule has 0 aliphatic rings. The van der Waals surface area contributed by atoms with E-state index in [2.05, 4.69) is 9.73 Å². The van der Waals surface area contributed by atoms with Crippen LogP contribution in [0.4, 0.5) is 0 Å². The molecule has 15 heavy (non-hydrogen) atoms. The van der Waals surface area contributed by atoms with Gasteiger partial charge in [-0.15, -0.1) is 0 Å². The molecule has 0 saturated carbocycles. The molecule has 4 heteroatoms. The first-order valence-electron chi connectivity index (χ1n) is 4.46. The van der Waals surface area contributed by atoms with Gasteiger partial charge >= 0.3 is 5.97 Å². The Morgan fingerprint density at radius 3 is 2.67 bits per heavy atom. The molecule has 1 aromatic carbocycles. The number of aliphatic imine (C=N–C) groups is 1. The summed E-state index contributed by atoms with van der Waals surface area (Å²) < 4.78 is 4.52. The summed E-state index contributed by atoms with van der Waals surface area (Å²) >= 11 is 0. The lowest BCUT2D eigenvalue weighted by Crippen LogP contribution is -2.06. The topological polar surface area (TPSA) is 55.7 Å². The number of methoxy groups -OCH3 is 1. The van der Waals surface area contributed by atoms with Crippen LogP contribution in [0.5, 0.6) is 0 Å². The van der Waals surface area contributed by atoms with Gasteiger partial charge in [0, 0.05) is 0 Å². The molecule has 0 bridgehead atoms. The first-order valence-corrected chi connectivity index (χ1v) is 4.46. The number of hydrogen-bond donors (Lipinski definition) is 0. The monoisotopic (exact) mass is 205 g/mol. The van der Waals surface area contributed by atoms with Crippen LogP contribution in [-0.4, -0.2) is 19.2 Å². The number of carbonyl (C=O) groups is 1. The Balaban J connectivity index is 2.84. The number of nitrogens with zero attached hydrogens (tertiary/aromatic N) is 1. The van der Waals surface area contributed by atoms with Gasteiger partial charge in [-0.25, -0.2) is 4.79 Å². The molecule has 0 aliphatic carbocycles. The van der Waals surface area contributed by atoms with Gasteiger partial charge in [-0.05, 0) is 5.56 Å². The highest BCUT2D eigenvalue weighted by atomic mass is 16.5. The van der Waals surface area contributed by atoms with E-state index in [9.17, 15) is 9.59 Å². The summed E-state index contributed by atoms with van der Waals surface area (Å²) in [6.07, 6.45) is 1.51. The fourth-order valence-corrected chi connectivity index (χ4v) is 1.22. The third kappa shape index (κ3) is 3.37. The summed E-state index contributed by atoms with van der Waals surface area (Å²) in [7, 11) is 1.30. The zero-order valence-electron chi connectivity index (χ0n) is 8.34. The van der Waals surface area contributed by atoms with E-state index in [1.165, 1.54) is 13.2 Å². The minimum absolute atomic E-state index is 0.0513. The molecule has 0 fully saturated rings. The lowest BCUT2D eigenvalue weighted by Gasteiger charge is -2.08. The van der Waals surface area contributed by atoms with Crippen molar-refractivity contribution in [3.63, 3.8) is 0 Å². The van der Waals surface area contributed by atoms with Gasteiger partial charge < -0.3 is 4.74 Å². The summed E-state index contributed by atoms with van der Waals surface area (Å²) in [5.74, 6) is -0.400. The summed E-state index contributed by atoms with van der Waals surface area (Å²) in [4.78, 5) is 24.8. The molecule has 1 rings (SSSR count). The average molecular weight is 205 g/mol. The predicted molar refractivity (Wildman–Crippen MR) is 53.9 cm³/mol. The fourth-order valence-electron chi connectivity index (χ4n) is 1.22. The van der Waals surface area contributed by atoms with Crippen molar-refractivity contribution in [3.8, 4) is 0 Å². The Morgan fingerprint density at radius 1 is 1.47 bits per heavy atom. The maximum absolute atomic E-state index is 11.1.